The van der Waals surface area contributed by atoms with Crippen LogP contribution in [0.4, 0.5) is 0 Å². The summed E-state index contributed by atoms with van der Waals surface area (Å²) in [6, 6.07) is 5.47. The van der Waals surface area contributed by atoms with Crippen molar-refractivity contribution in [2.75, 3.05) is 33.3 Å². The average molecular weight is 294 g/mol. The first-order valence-electron chi connectivity index (χ1n) is 7.66. The van der Waals surface area contributed by atoms with Crippen LogP contribution in [0.2, 0.25) is 0 Å². The minimum absolute atomic E-state index is 0.0953. The number of hydrogen-bond acceptors (Lipinski definition) is 5. The molecule has 1 aliphatic heterocycles. The van der Waals surface area contributed by atoms with Gasteiger partial charge in [-0.05, 0) is 50.0 Å². The molecular formula is C16H26N2O3. The van der Waals surface area contributed by atoms with E-state index in [2.05, 4.69) is 10.2 Å². The Balaban J connectivity index is 1.60. The fraction of sp³-hybridized carbons (Fsp3) is 0.625. The summed E-state index contributed by atoms with van der Waals surface area (Å²) >= 11 is 0. The lowest BCUT2D eigenvalue weighted by Crippen LogP contribution is -2.37. The van der Waals surface area contributed by atoms with E-state index in [1.807, 2.05) is 6.07 Å². The molecule has 118 valence electrons. The Morgan fingerprint density at radius 2 is 2.10 bits per heavy atom. The van der Waals surface area contributed by atoms with Gasteiger partial charge in [-0.3, -0.25) is 0 Å². The molecule has 0 aliphatic carbocycles. The molecule has 1 aliphatic rings. The first-order valence-corrected chi connectivity index (χ1v) is 7.66. The number of methoxy groups -OCH3 is 1. The first kappa shape index (κ1) is 16.1. The zero-order valence-electron chi connectivity index (χ0n) is 12.7. The zero-order chi connectivity index (χ0) is 15.1. The number of aromatic hydroxyl groups is 1. The van der Waals surface area contributed by atoms with Crippen molar-refractivity contribution in [2.45, 2.75) is 31.9 Å². The molecule has 1 aromatic rings. The van der Waals surface area contributed by atoms with E-state index in [0.29, 0.717) is 5.75 Å². The maximum absolute atomic E-state index is 9.71. The summed E-state index contributed by atoms with van der Waals surface area (Å²) in [7, 11) is 1.55. The molecule has 1 saturated heterocycles. The second-order valence-corrected chi connectivity index (χ2v) is 5.61. The number of ether oxygens (including phenoxy) is 1. The summed E-state index contributed by atoms with van der Waals surface area (Å²) < 4.78 is 5.02. The van der Waals surface area contributed by atoms with Crippen molar-refractivity contribution in [3.05, 3.63) is 23.8 Å². The molecule has 0 aromatic heterocycles. The Labute approximate surface area is 126 Å². The van der Waals surface area contributed by atoms with Crippen LogP contribution >= 0.6 is 0 Å². The van der Waals surface area contributed by atoms with Crippen LogP contribution in [0.3, 0.4) is 0 Å². The number of phenolic OH excluding ortho intramolecular Hbond substituents is 1. The van der Waals surface area contributed by atoms with Gasteiger partial charge in [-0.2, -0.15) is 0 Å². The smallest absolute Gasteiger partial charge is 0.160 e. The van der Waals surface area contributed by atoms with E-state index in [9.17, 15) is 10.2 Å². The van der Waals surface area contributed by atoms with Gasteiger partial charge in [0.25, 0.3) is 0 Å². The molecule has 0 spiro atoms. The number of rotatable bonds is 7. The molecule has 2 rings (SSSR count). The van der Waals surface area contributed by atoms with Gasteiger partial charge < -0.3 is 25.2 Å². The topological polar surface area (TPSA) is 65.0 Å². The standard InChI is InChI=1S/C16H26N2O3/c1-21-16-4-3-13(11-15(16)20)12-17-7-2-8-18-9-5-14(19)6-10-18/h3-4,11,14,17,19-20H,2,5-10,12H2,1H3. The number of piperidine rings is 1. The third-order valence-electron chi connectivity index (χ3n) is 3.96. The van der Waals surface area contributed by atoms with Crippen LogP contribution in [0.5, 0.6) is 11.5 Å². The van der Waals surface area contributed by atoms with Gasteiger partial charge in [-0.15, -0.1) is 0 Å². The average Bonchev–Trinajstić information content (AvgIpc) is 2.49. The summed E-state index contributed by atoms with van der Waals surface area (Å²) in [5.74, 6) is 0.690. The van der Waals surface area contributed by atoms with Gasteiger partial charge >= 0.3 is 0 Å². The largest absolute Gasteiger partial charge is 0.504 e. The molecule has 0 atom stereocenters. The highest BCUT2D eigenvalue weighted by molar-refractivity contribution is 5.41. The highest BCUT2D eigenvalue weighted by Gasteiger charge is 2.15. The SMILES string of the molecule is COc1ccc(CNCCCN2CCC(O)CC2)cc1O. The first-order chi connectivity index (χ1) is 10.2. The van der Waals surface area contributed by atoms with E-state index < -0.39 is 0 Å². The molecule has 21 heavy (non-hydrogen) atoms. The number of benzene rings is 1. The van der Waals surface area contributed by atoms with Crippen molar-refractivity contribution in [3.63, 3.8) is 0 Å². The van der Waals surface area contributed by atoms with Crippen molar-refractivity contribution in [3.8, 4) is 11.5 Å². The van der Waals surface area contributed by atoms with E-state index in [4.69, 9.17) is 4.74 Å². The van der Waals surface area contributed by atoms with E-state index in [0.717, 1.165) is 57.5 Å². The maximum Gasteiger partial charge on any atom is 0.160 e. The Bertz CT molecular complexity index is 432. The number of aliphatic hydroxyl groups excluding tert-OH is 1. The number of hydrogen-bond donors (Lipinski definition) is 3. The molecule has 0 radical (unpaired) electrons. The van der Waals surface area contributed by atoms with E-state index in [1.54, 1.807) is 19.2 Å². The minimum atomic E-state index is -0.0953. The molecular weight excluding hydrogens is 268 g/mol. The summed E-state index contributed by atoms with van der Waals surface area (Å²) in [5.41, 5.74) is 1.05. The monoisotopic (exact) mass is 294 g/mol. The predicted molar refractivity (Wildman–Crippen MR) is 82.7 cm³/mol. The Kier molecular flexibility index (Phi) is 6.29. The van der Waals surface area contributed by atoms with Crippen molar-refractivity contribution in [2.24, 2.45) is 0 Å². The van der Waals surface area contributed by atoms with Gasteiger partial charge in [0.05, 0.1) is 13.2 Å². The summed E-state index contributed by atoms with van der Waals surface area (Å²) in [6.45, 7) is 4.79. The highest BCUT2D eigenvalue weighted by Crippen LogP contribution is 2.25. The minimum Gasteiger partial charge on any atom is -0.504 e. The van der Waals surface area contributed by atoms with Gasteiger partial charge in [0.1, 0.15) is 0 Å². The van der Waals surface area contributed by atoms with Crippen LogP contribution in [0, 0.1) is 0 Å². The lowest BCUT2D eigenvalue weighted by Gasteiger charge is -2.29. The molecule has 1 fully saturated rings. The fourth-order valence-electron chi connectivity index (χ4n) is 2.65. The van der Waals surface area contributed by atoms with Crippen LogP contribution < -0.4 is 10.1 Å². The van der Waals surface area contributed by atoms with Crippen LogP contribution in [-0.4, -0.2) is 54.5 Å². The predicted octanol–water partition coefficient (Wildman–Crippen LogP) is 1.34. The van der Waals surface area contributed by atoms with E-state index in [1.165, 1.54) is 0 Å². The summed E-state index contributed by atoms with van der Waals surface area (Å²) in [6.07, 6.45) is 2.80. The van der Waals surface area contributed by atoms with Crippen LogP contribution in [0.25, 0.3) is 0 Å². The van der Waals surface area contributed by atoms with Crippen LogP contribution in [0.15, 0.2) is 18.2 Å². The lowest BCUT2D eigenvalue weighted by molar-refractivity contribution is 0.0821. The van der Waals surface area contributed by atoms with Gasteiger partial charge in [-0.1, -0.05) is 6.07 Å². The Hall–Kier alpha value is -1.30. The number of phenols is 1. The summed E-state index contributed by atoms with van der Waals surface area (Å²) in [5, 5.41) is 22.5. The molecule has 1 aromatic carbocycles. The van der Waals surface area contributed by atoms with E-state index in [-0.39, 0.29) is 11.9 Å². The quantitative estimate of drug-likeness (QED) is 0.662. The number of likely N-dealkylation sites (tertiary alicyclic amines) is 1. The van der Waals surface area contributed by atoms with Gasteiger partial charge in [0.15, 0.2) is 11.5 Å². The van der Waals surface area contributed by atoms with Crippen molar-refractivity contribution < 1.29 is 14.9 Å². The lowest BCUT2D eigenvalue weighted by atomic mass is 10.1. The molecule has 0 amide bonds. The van der Waals surface area contributed by atoms with Crippen LogP contribution in [0.1, 0.15) is 24.8 Å². The number of aliphatic hydroxyl groups is 1. The molecule has 0 bridgehead atoms. The second-order valence-electron chi connectivity index (χ2n) is 5.61. The second kappa shape index (κ2) is 8.22. The molecule has 5 nitrogen and oxygen atoms in total. The van der Waals surface area contributed by atoms with Crippen LogP contribution in [-0.2, 0) is 6.54 Å². The van der Waals surface area contributed by atoms with Gasteiger partial charge in [0, 0.05) is 19.6 Å². The molecule has 0 saturated carbocycles. The fourth-order valence-corrected chi connectivity index (χ4v) is 2.65. The van der Waals surface area contributed by atoms with Crippen molar-refractivity contribution >= 4 is 0 Å². The normalized spacial score (nSPS) is 17.0. The highest BCUT2D eigenvalue weighted by atomic mass is 16.5. The number of nitrogens with one attached hydrogen (secondary N) is 1. The summed E-state index contributed by atoms with van der Waals surface area (Å²) in [4.78, 5) is 2.41. The van der Waals surface area contributed by atoms with Gasteiger partial charge in [-0.25, -0.2) is 0 Å². The third-order valence-corrected chi connectivity index (χ3v) is 3.96. The van der Waals surface area contributed by atoms with Crippen molar-refractivity contribution in [1.29, 1.82) is 0 Å². The number of nitrogens with zero attached hydrogens (tertiary/aromatic N) is 1. The Morgan fingerprint density at radius 3 is 2.76 bits per heavy atom. The van der Waals surface area contributed by atoms with Crippen molar-refractivity contribution in [1.82, 2.24) is 10.2 Å². The maximum atomic E-state index is 9.71. The Morgan fingerprint density at radius 1 is 1.33 bits per heavy atom. The molecule has 0 unspecified atom stereocenters. The molecule has 1 heterocycles. The van der Waals surface area contributed by atoms with Gasteiger partial charge in [0.2, 0.25) is 0 Å². The van der Waals surface area contributed by atoms with E-state index >= 15 is 0 Å². The molecule has 5 heteroatoms. The molecule has 3 N–H and O–H groups in total. The third kappa shape index (κ3) is 5.19. The zero-order valence-corrected chi connectivity index (χ0v) is 12.7.